The van der Waals surface area contributed by atoms with Crippen LogP contribution in [0.2, 0.25) is 0 Å². The van der Waals surface area contributed by atoms with Crippen LogP contribution < -0.4 is 10.6 Å². The molecule has 7 heteroatoms. The van der Waals surface area contributed by atoms with E-state index in [1.807, 2.05) is 12.1 Å². The van der Waals surface area contributed by atoms with Crippen molar-refractivity contribution in [3.05, 3.63) is 35.4 Å². The van der Waals surface area contributed by atoms with Crippen LogP contribution in [0.25, 0.3) is 0 Å². The third-order valence-corrected chi connectivity index (χ3v) is 4.51. The topological polar surface area (TPSA) is 53.6 Å². The van der Waals surface area contributed by atoms with Crippen LogP contribution in [0.4, 0.5) is 0 Å². The van der Waals surface area contributed by atoms with Gasteiger partial charge in [-0.05, 0) is 51.2 Å². The van der Waals surface area contributed by atoms with E-state index in [-0.39, 0.29) is 30.7 Å². The van der Waals surface area contributed by atoms with Gasteiger partial charge in [-0.2, -0.15) is 0 Å². The Balaban J connectivity index is 0.00000288. The number of rotatable bonds is 7. The molecule has 1 saturated heterocycles. The van der Waals surface area contributed by atoms with Crippen molar-refractivity contribution in [2.75, 3.05) is 40.9 Å². The summed E-state index contributed by atoms with van der Waals surface area (Å²) in [6.07, 6.45) is 1.65. The Labute approximate surface area is 163 Å². The van der Waals surface area contributed by atoms with Gasteiger partial charge in [0.1, 0.15) is 0 Å². The van der Waals surface area contributed by atoms with Gasteiger partial charge in [0.15, 0.2) is 0 Å². The molecule has 0 spiro atoms. The first-order valence-corrected chi connectivity index (χ1v) is 8.27. The molecule has 1 heterocycles. The predicted molar refractivity (Wildman–Crippen MR) is 107 cm³/mol. The highest BCUT2D eigenvalue weighted by molar-refractivity contribution is 5.85. The van der Waals surface area contributed by atoms with Crippen LogP contribution in [0.5, 0.6) is 0 Å². The van der Waals surface area contributed by atoms with Gasteiger partial charge in [-0.25, -0.2) is 0 Å². The van der Waals surface area contributed by atoms with E-state index in [0.717, 1.165) is 32.5 Å². The number of piperidine rings is 1. The van der Waals surface area contributed by atoms with Crippen LogP contribution in [0.1, 0.15) is 24.0 Å². The molecule has 144 valence electrons. The van der Waals surface area contributed by atoms with Crippen molar-refractivity contribution in [3.63, 3.8) is 0 Å². The lowest BCUT2D eigenvalue weighted by molar-refractivity contribution is -0.136. The summed E-state index contributed by atoms with van der Waals surface area (Å²) in [4.78, 5) is 14.9. The molecule has 2 N–H and O–H groups in total. The number of carbonyl (C=O) groups excluding carboxylic acids is 1. The van der Waals surface area contributed by atoms with Gasteiger partial charge >= 0.3 is 0 Å². The first-order chi connectivity index (χ1) is 11.1. The van der Waals surface area contributed by atoms with E-state index < -0.39 is 5.41 Å². The van der Waals surface area contributed by atoms with Crippen LogP contribution in [-0.4, -0.2) is 51.7 Å². The Bertz CT molecular complexity index is 515. The zero-order chi connectivity index (χ0) is 16.7. The van der Waals surface area contributed by atoms with Crippen molar-refractivity contribution in [1.82, 2.24) is 15.5 Å². The highest BCUT2D eigenvalue weighted by Crippen LogP contribution is 2.29. The molecule has 1 amide bonds. The third-order valence-electron chi connectivity index (χ3n) is 4.51. The lowest BCUT2D eigenvalue weighted by Gasteiger charge is -2.35. The first kappa shape index (κ1) is 24.1. The monoisotopic (exact) mass is 391 g/mol. The smallest absolute Gasteiger partial charge is 0.228 e. The largest absolute Gasteiger partial charge is 0.384 e. The lowest BCUT2D eigenvalue weighted by Crippen LogP contribution is -2.50. The average Bonchev–Trinajstić information content (AvgIpc) is 2.54. The summed E-state index contributed by atoms with van der Waals surface area (Å²) in [5.74, 6) is 0.112. The van der Waals surface area contributed by atoms with Crippen LogP contribution >= 0.6 is 24.8 Å². The summed E-state index contributed by atoms with van der Waals surface area (Å²) < 4.78 is 5.34. The zero-order valence-corrected chi connectivity index (χ0v) is 17.0. The number of hydrogen-bond donors (Lipinski definition) is 2. The number of nitrogens with one attached hydrogen (secondary N) is 2. The van der Waals surface area contributed by atoms with Crippen molar-refractivity contribution in [3.8, 4) is 0 Å². The van der Waals surface area contributed by atoms with Gasteiger partial charge in [-0.1, -0.05) is 24.3 Å². The van der Waals surface area contributed by atoms with E-state index in [0.29, 0.717) is 13.2 Å². The van der Waals surface area contributed by atoms with Crippen molar-refractivity contribution in [1.29, 1.82) is 0 Å². The summed E-state index contributed by atoms with van der Waals surface area (Å²) in [5.41, 5.74) is 2.04. The molecule has 25 heavy (non-hydrogen) atoms. The molecule has 1 aliphatic rings. The van der Waals surface area contributed by atoms with Gasteiger partial charge in [0, 0.05) is 20.2 Å². The molecule has 0 radical (unpaired) electrons. The Morgan fingerprint density at radius 1 is 1.20 bits per heavy atom. The van der Waals surface area contributed by atoms with Crippen LogP contribution in [0.15, 0.2) is 24.3 Å². The quantitative estimate of drug-likeness (QED) is 0.747. The lowest BCUT2D eigenvalue weighted by atomic mass is 9.78. The molecular weight excluding hydrogens is 361 g/mol. The van der Waals surface area contributed by atoms with E-state index in [2.05, 4.69) is 41.8 Å². The normalized spacial score (nSPS) is 15.8. The molecule has 0 aromatic heterocycles. The SMILES string of the molecule is COCC1(C(=O)NCc2ccccc2CN(C)C)CCNCC1.Cl.Cl. The minimum absolute atomic E-state index is 0. The van der Waals surface area contributed by atoms with Gasteiger partial charge in [0.2, 0.25) is 5.91 Å². The van der Waals surface area contributed by atoms with E-state index in [4.69, 9.17) is 4.74 Å². The molecule has 0 saturated carbocycles. The Kier molecular flexibility index (Phi) is 11.3. The van der Waals surface area contributed by atoms with Crippen molar-refractivity contribution in [2.24, 2.45) is 5.41 Å². The van der Waals surface area contributed by atoms with Crippen molar-refractivity contribution < 1.29 is 9.53 Å². The Morgan fingerprint density at radius 2 is 1.80 bits per heavy atom. The molecule has 1 fully saturated rings. The number of halogens is 2. The molecule has 1 aromatic rings. The molecule has 2 rings (SSSR count). The van der Waals surface area contributed by atoms with Gasteiger partial charge in [0.25, 0.3) is 0 Å². The van der Waals surface area contributed by atoms with Crippen LogP contribution in [0.3, 0.4) is 0 Å². The maximum Gasteiger partial charge on any atom is 0.228 e. The molecule has 0 atom stereocenters. The highest BCUT2D eigenvalue weighted by Gasteiger charge is 2.39. The average molecular weight is 392 g/mol. The fraction of sp³-hybridized carbons (Fsp3) is 0.611. The number of carbonyl (C=O) groups is 1. The molecule has 1 aliphatic heterocycles. The molecule has 0 aliphatic carbocycles. The van der Waals surface area contributed by atoms with Crippen molar-refractivity contribution >= 4 is 30.7 Å². The van der Waals surface area contributed by atoms with E-state index in [9.17, 15) is 4.79 Å². The van der Waals surface area contributed by atoms with Crippen LogP contribution in [0, 0.1) is 5.41 Å². The van der Waals surface area contributed by atoms with E-state index in [1.54, 1.807) is 7.11 Å². The highest BCUT2D eigenvalue weighted by atomic mass is 35.5. The molecule has 0 unspecified atom stereocenters. The fourth-order valence-corrected chi connectivity index (χ4v) is 3.21. The van der Waals surface area contributed by atoms with Gasteiger partial charge in [-0.15, -0.1) is 24.8 Å². The first-order valence-electron chi connectivity index (χ1n) is 8.27. The summed E-state index contributed by atoms with van der Waals surface area (Å²) >= 11 is 0. The Morgan fingerprint density at radius 3 is 2.36 bits per heavy atom. The summed E-state index contributed by atoms with van der Waals surface area (Å²) in [7, 11) is 5.78. The second-order valence-corrected chi connectivity index (χ2v) is 6.65. The number of nitrogens with zero attached hydrogens (tertiary/aromatic N) is 1. The van der Waals surface area contributed by atoms with Crippen molar-refractivity contribution in [2.45, 2.75) is 25.9 Å². The summed E-state index contributed by atoms with van der Waals surface area (Å²) in [6.45, 7) is 3.67. The number of ether oxygens (including phenoxy) is 1. The standard InChI is InChI=1S/C18H29N3O2.2ClH/c1-21(2)13-16-7-5-4-6-15(16)12-20-17(22)18(14-23-3)8-10-19-11-9-18;;/h4-7,19H,8-14H2,1-3H3,(H,20,22);2*1H. The Hall–Kier alpha value is -0.850. The number of methoxy groups -OCH3 is 1. The van der Waals surface area contributed by atoms with Crippen LogP contribution in [-0.2, 0) is 22.6 Å². The second-order valence-electron chi connectivity index (χ2n) is 6.65. The van der Waals surface area contributed by atoms with E-state index >= 15 is 0 Å². The molecule has 0 bridgehead atoms. The van der Waals surface area contributed by atoms with Gasteiger partial charge in [0.05, 0.1) is 12.0 Å². The summed E-state index contributed by atoms with van der Waals surface area (Å²) in [5, 5.41) is 6.46. The number of amides is 1. The fourth-order valence-electron chi connectivity index (χ4n) is 3.21. The zero-order valence-electron chi connectivity index (χ0n) is 15.3. The minimum Gasteiger partial charge on any atom is -0.384 e. The maximum atomic E-state index is 12.8. The predicted octanol–water partition coefficient (Wildman–Crippen LogP) is 2.22. The van der Waals surface area contributed by atoms with Gasteiger partial charge in [-0.3, -0.25) is 4.79 Å². The van der Waals surface area contributed by atoms with E-state index in [1.165, 1.54) is 11.1 Å². The molecule has 1 aromatic carbocycles. The number of benzene rings is 1. The second kappa shape index (κ2) is 11.7. The molecule has 5 nitrogen and oxygen atoms in total. The summed E-state index contributed by atoms with van der Waals surface area (Å²) in [6, 6.07) is 8.28. The third kappa shape index (κ3) is 6.76. The maximum absolute atomic E-state index is 12.8. The molecular formula is C18H31Cl2N3O2. The van der Waals surface area contributed by atoms with Gasteiger partial charge < -0.3 is 20.3 Å². The number of hydrogen-bond acceptors (Lipinski definition) is 4. The minimum atomic E-state index is -0.392.